The van der Waals surface area contributed by atoms with Gasteiger partial charge >= 0.3 is 0 Å². The highest BCUT2D eigenvalue weighted by Crippen LogP contribution is 2.24. The monoisotopic (exact) mass is 196 g/mol. The van der Waals surface area contributed by atoms with Crippen LogP contribution < -0.4 is 5.32 Å². The molecule has 2 rings (SSSR count). The fourth-order valence-corrected chi connectivity index (χ4v) is 1.81. The Kier molecular flexibility index (Phi) is 2.52. The van der Waals surface area contributed by atoms with E-state index >= 15 is 0 Å². The molecule has 5 heteroatoms. The van der Waals surface area contributed by atoms with E-state index in [9.17, 15) is 0 Å². The van der Waals surface area contributed by atoms with Gasteiger partial charge in [0.2, 0.25) is 6.39 Å². The Morgan fingerprint density at radius 2 is 2.14 bits per heavy atom. The van der Waals surface area contributed by atoms with Crippen LogP contribution in [0.15, 0.2) is 10.9 Å². The van der Waals surface area contributed by atoms with E-state index in [-0.39, 0.29) is 5.54 Å². The maximum atomic E-state index is 4.79. The Bertz CT molecular complexity index is 277. The number of hydrogen-bond donors (Lipinski definition) is 1. The van der Waals surface area contributed by atoms with E-state index in [1.54, 1.807) is 0 Å². The Labute approximate surface area is 83.5 Å². The lowest BCUT2D eigenvalue weighted by Crippen LogP contribution is -2.52. The van der Waals surface area contributed by atoms with Crippen molar-refractivity contribution >= 4 is 0 Å². The van der Waals surface area contributed by atoms with Crippen molar-refractivity contribution in [3.63, 3.8) is 0 Å². The fraction of sp³-hybridized carbons (Fsp3) is 0.778. The molecule has 0 bridgehead atoms. The SMILES string of the molecule is CC(C)(c1ncon1)N1CCNCC1. The molecule has 0 aliphatic carbocycles. The summed E-state index contributed by atoms with van der Waals surface area (Å²) in [6, 6.07) is 0. The quantitative estimate of drug-likeness (QED) is 0.732. The first-order valence-corrected chi connectivity index (χ1v) is 4.94. The van der Waals surface area contributed by atoms with Gasteiger partial charge in [0.25, 0.3) is 0 Å². The number of nitrogens with zero attached hydrogens (tertiary/aromatic N) is 3. The van der Waals surface area contributed by atoms with Crippen LogP contribution in [0.4, 0.5) is 0 Å². The highest BCUT2D eigenvalue weighted by atomic mass is 16.5. The average Bonchev–Trinajstić information content (AvgIpc) is 2.72. The summed E-state index contributed by atoms with van der Waals surface area (Å²) in [5.74, 6) is 0.763. The van der Waals surface area contributed by atoms with Gasteiger partial charge in [-0.05, 0) is 13.8 Å². The van der Waals surface area contributed by atoms with E-state index in [2.05, 4.69) is 34.2 Å². The predicted molar refractivity (Wildman–Crippen MR) is 51.8 cm³/mol. The molecule has 0 saturated carbocycles. The molecule has 0 aromatic carbocycles. The van der Waals surface area contributed by atoms with Gasteiger partial charge in [-0.2, -0.15) is 4.98 Å². The van der Waals surface area contributed by atoms with Gasteiger partial charge in [-0.25, -0.2) is 0 Å². The normalized spacial score (nSPS) is 19.9. The van der Waals surface area contributed by atoms with E-state index < -0.39 is 0 Å². The Hall–Kier alpha value is -0.940. The second kappa shape index (κ2) is 3.67. The van der Waals surface area contributed by atoms with Gasteiger partial charge in [0.05, 0.1) is 5.54 Å². The molecule has 0 amide bonds. The molecule has 0 radical (unpaired) electrons. The highest BCUT2D eigenvalue weighted by molar-refractivity contribution is 5.00. The molecule has 0 unspecified atom stereocenters. The Balaban J connectivity index is 2.14. The van der Waals surface area contributed by atoms with Crippen molar-refractivity contribution in [2.75, 3.05) is 26.2 Å². The van der Waals surface area contributed by atoms with Crippen molar-refractivity contribution in [3.05, 3.63) is 12.2 Å². The second-order valence-electron chi connectivity index (χ2n) is 4.05. The lowest BCUT2D eigenvalue weighted by Gasteiger charge is -2.38. The van der Waals surface area contributed by atoms with E-state index in [1.807, 2.05) is 0 Å². The molecular formula is C9H16N4O. The summed E-state index contributed by atoms with van der Waals surface area (Å²) in [5, 5.41) is 7.24. The number of hydrogen-bond acceptors (Lipinski definition) is 5. The maximum absolute atomic E-state index is 4.79. The first-order valence-electron chi connectivity index (χ1n) is 4.94. The number of aromatic nitrogens is 2. The molecule has 5 nitrogen and oxygen atoms in total. The van der Waals surface area contributed by atoms with Crippen LogP contribution in [-0.4, -0.2) is 41.2 Å². The summed E-state index contributed by atoms with van der Waals surface area (Å²) in [4.78, 5) is 6.49. The minimum Gasteiger partial charge on any atom is -0.343 e. The van der Waals surface area contributed by atoms with Crippen molar-refractivity contribution in [3.8, 4) is 0 Å². The molecule has 14 heavy (non-hydrogen) atoms. The van der Waals surface area contributed by atoms with Gasteiger partial charge < -0.3 is 9.84 Å². The summed E-state index contributed by atoms with van der Waals surface area (Å²) in [5.41, 5.74) is -0.130. The van der Waals surface area contributed by atoms with Crippen LogP contribution in [0.5, 0.6) is 0 Å². The van der Waals surface area contributed by atoms with Crippen LogP contribution in [0.25, 0.3) is 0 Å². The van der Waals surface area contributed by atoms with Gasteiger partial charge in [-0.1, -0.05) is 5.16 Å². The summed E-state index contributed by atoms with van der Waals surface area (Å²) >= 11 is 0. The molecule has 1 aromatic rings. The number of piperazine rings is 1. The molecule has 1 fully saturated rings. The van der Waals surface area contributed by atoms with Crippen LogP contribution in [0.1, 0.15) is 19.7 Å². The van der Waals surface area contributed by atoms with E-state index in [0.717, 1.165) is 32.0 Å². The lowest BCUT2D eigenvalue weighted by atomic mass is 10.0. The number of rotatable bonds is 2. The predicted octanol–water partition coefficient (Wildman–Crippen LogP) is 0.210. The molecule has 1 aliphatic rings. The van der Waals surface area contributed by atoms with Crippen LogP contribution in [0.3, 0.4) is 0 Å². The minimum absolute atomic E-state index is 0.130. The van der Waals surface area contributed by atoms with Gasteiger partial charge in [0, 0.05) is 26.2 Å². The van der Waals surface area contributed by atoms with E-state index in [1.165, 1.54) is 6.39 Å². The van der Waals surface area contributed by atoms with Gasteiger partial charge in [0.15, 0.2) is 5.82 Å². The van der Waals surface area contributed by atoms with Crippen molar-refractivity contribution in [2.45, 2.75) is 19.4 Å². The van der Waals surface area contributed by atoms with Crippen molar-refractivity contribution in [1.29, 1.82) is 0 Å². The van der Waals surface area contributed by atoms with E-state index in [0.29, 0.717) is 0 Å². The van der Waals surface area contributed by atoms with Crippen LogP contribution >= 0.6 is 0 Å². The summed E-state index contributed by atoms with van der Waals surface area (Å²) in [6.07, 6.45) is 1.39. The third-order valence-corrected chi connectivity index (χ3v) is 2.82. The summed E-state index contributed by atoms with van der Waals surface area (Å²) in [6.45, 7) is 8.37. The number of nitrogens with one attached hydrogen (secondary N) is 1. The van der Waals surface area contributed by atoms with Crippen molar-refractivity contribution < 1.29 is 4.52 Å². The topological polar surface area (TPSA) is 54.2 Å². The first-order chi connectivity index (χ1) is 6.71. The van der Waals surface area contributed by atoms with Gasteiger partial charge in [0.1, 0.15) is 0 Å². The third-order valence-electron chi connectivity index (χ3n) is 2.82. The highest BCUT2D eigenvalue weighted by Gasteiger charge is 2.33. The van der Waals surface area contributed by atoms with Crippen LogP contribution in [0.2, 0.25) is 0 Å². The summed E-state index contributed by atoms with van der Waals surface area (Å²) < 4.78 is 4.79. The zero-order valence-corrected chi connectivity index (χ0v) is 8.66. The molecule has 78 valence electrons. The molecule has 1 saturated heterocycles. The fourth-order valence-electron chi connectivity index (χ4n) is 1.81. The minimum atomic E-state index is -0.130. The largest absolute Gasteiger partial charge is 0.343 e. The molecule has 2 heterocycles. The molecule has 1 N–H and O–H groups in total. The third kappa shape index (κ3) is 1.65. The van der Waals surface area contributed by atoms with Crippen molar-refractivity contribution in [1.82, 2.24) is 20.4 Å². The maximum Gasteiger partial charge on any atom is 0.213 e. The Morgan fingerprint density at radius 3 is 2.71 bits per heavy atom. The molecule has 0 atom stereocenters. The first kappa shape index (κ1) is 9.61. The summed E-state index contributed by atoms with van der Waals surface area (Å²) in [7, 11) is 0. The van der Waals surface area contributed by atoms with Gasteiger partial charge in [-0.15, -0.1) is 0 Å². The molecule has 0 spiro atoms. The zero-order valence-electron chi connectivity index (χ0n) is 8.66. The van der Waals surface area contributed by atoms with Crippen LogP contribution in [-0.2, 0) is 5.54 Å². The molecular weight excluding hydrogens is 180 g/mol. The zero-order chi connectivity index (χ0) is 10.0. The lowest BCUT2D eigenvalue weighted by molar-refractivity contribution is 0.0924. The van der Waals surface area contributed by atoms with Gasteiger partial charge in [-0.3, -0.25) is 4.90 Å². The second-order valence-corrected chi connectivity index (χ2v) is 4.05. The standard InChI is InChI=1S/C9H16N4O/c1-9(2,8-11-7-14-12-8)13-5-3-10-4-6-13/h7,10H,3-6H2,1-2H3. The Morgan fingerprint density at radius 1 is 1.43 bits per heavy atom. The van der Waals surface area contributed by atoms with E-state index in [4.69, 9.17) is 4.52 Å². The van der Waals surface area contributed by atoms with Crippen LogP contribution in [0, 0.1) is 0 Å². The smallest absolute Gasteiger partial charge is 0.213 e. The van der Waals surface area contributed by atoms with Crippen molar-refractivity contribution in [2.24, 2.45) is 0 Å². The molecule has 1 aliphatic heterocycles. The average molecular weight is 196 g/mol. The molecule has 1 aromatic heterocycles.